The first-order valence-corrected chi connectivity index (χ1v) is 13.6. The summed E-state index contributed by atoms with van der Waals surface area (Å²) in [5.41, 5.74) is 3.15. The van der Waals surface area contributed by atoms with Crippen molar-refractivity contribution in [1.82, 2.24) is 34.9 Å². The lowest BCUT2D eigenvalue weighted by molar-refractivity contribution is -0.174. The van der Waals surface area contributed by atoms with E-state index < -0.39 is 12.8 Å². The highest BCUT2D eigenvalue weighted by Crippen LogP contribution is 2.30. The largest absolute Gasteiger partial charge is 0.411 e. The van der Waals surface area contributed by atoms with E-state index in [1.807, 2.05) is 19.1 Å². The summed E-state index contributed by atoms with van der Waals surface area (Å²) in [6.07, 6.45) is 0.823. The Kier molecular flexibility index (Phi) is 8.48. The lowest BCUT2D eigenvalue weighted by atomic mass is 10.1. The van der Waals surface area contributed by atoms with E-state index in [2.05, 4.69) is 32.3 Å². The van der Waals surface area contributed by atoms with Crippen LogP contribution < -0.4 is 15.5 Å². The van der Waals surface area contributed by atoms with Gasteiger partial charge >= 0.3 is 6.18 Å². The van der Waals surface area contributed by atoms with Crippen LogP contribution in [0.15, 0.2) is 18.3 Å². The molecule has 3 aromatic heterocycles. The van der Waals surface area contributed by atoms with Gasteiger partial charge in [0.2, 0.25) is 5.95 Å². The van der Waals surface area contributed by atoms with Gasteiger partial charge < -0.3 is 20.3 Å². The number of fused-ring (bicyclic) bond motifs is 1. The lowest BCUT2D eigenvalue weighted by Gasteiger charge is -2.32. The van der Waals surface area contributed by atoms with Crippen molar-refractivity contribution < 1.29 is 17.9 Å². The van der Waals surface area contributed by atoms with E-state index in [4.69, 9.17) is 19.8 Å². The van der Waals surface area contributed by atoms with Crippen LogP contribution in [0.1, 0.15) is 37.4 Å². The zero-order chi connectivity index (χ0) is 27.4. The Hall–Kier alpha value is -3.03. The van der Waals surface area contributed by atoms with Gasteiger partial charge in [-0.25, -0.2) is 9.97 Å². The van der Waals surface area contributed by atoms with Gasteiger partial charge in [-0.15, -0.1) is 0 Å². The lowest BCUT2D eigenvalue weighted by Crippen LogP contribution is -2.49. The average Bonchev–Trinajstić information content (AvgIpc) is 3.24. The Balaban J connectivity index is 1.56. The van der Waals surface area contributed by atoms with Gasteiger partial charge in [0.25, 0.3) is 0 Å². The van der Waals surface area contributed by atoms with Gasteiger partial charge in [0, 0.05) is 38.4 Å². The third-order valence-electron chi connectivity index (χ3n) is 6.99. The van der Waals surface area contributed by atoms with Gasteiger partial charge in [-0.2, -0.15) is 23.3 Å². The van der Waals surface area contributed by atoms with E-state index in [1.54, 1.807) is 10.9 Å². The van der Waals surface area contributed by atoms with Crippen LogP contribution in [-0.4, -0.2) is 87.8 Å². The monoisotopic (exact) mass is 547 g/mol. The predicted molar refractivity (Wildman–Crippen MR) is 143 cm³/mol. The molecule has 0 radical (unpaired) electrons. The van der Waals surface area contributed by atoms with E-state index in [0.717, 1.165) is 56.8 Å². The Labute approximate surface area is 225 Å². The first-order chi connectivity index (χ1) is 18.7. The molecule has 2 aliphatic rings. The van der Waals surface area contributed by atoms with Gasteiger partial charge in [0.05, 0.1) is 13.2 Å². The van der Waals surface area contributed by atoms with Crippen molar-refractivity contribution in [2.45, 2.75) is 58.4 Å². The second-order valence-corrected chi connectivity index (χ2v) is 10.4. The first kappa shape index (κ1) is 27.5. The van der Waals surface area contributed by atoms with E-state index in [1.165, 1.54) is 6.42 Å². The zero-order valence-corrected chi connectivity index (χ0v) is 22.5. The quantitative estimate of drug-likeness (QED) is 0.389. The summed E-state index contributed by atoms with van der Waals surface area (Å²) in [4.78, 5) is 18.9. The van der Waals surface area contributed by atoms with Crippen molar-refractivity contribution in [3.8, 4) is 0 Å². The molecule has 13 heteroatoms. The Morgan fingerprint density at radius 2 is 1.97 bits per heavy atom. The summed E-state index contributed by atoms with van der Waals surface area (Å²) in [5.74, 6) is 1.74. The molecule has 2 fully saturated rings. The molecule has 212 valence electrons. The summed E-state index contributed by atoms with van der Waals surface area (Å²) in [7, 11) is 0. The molecule has 10 nitrogen and oxygen atoms in total. The number of hydrogen-bond acceptors (Lipinski definition) is 9. The SMILES string of the molecule is Cc1ccnc(Nc2nc(N3CCN[C@@H](C)C3)nc3c(CN4CCCCC4)nn(CCOCC(F)(F)F)c23)c1. The normalized spacial score (nSPS) is 19.1. The van der Waals surface area contributed by atoms with Gasteiger partial charge in [0.15, 0.2) is 5.82 Å². The van der Waals surface area contributed by atoms with Crippen molar-refractivity contribution in [3.63, 3.8) is 0 Å². The van der Waals surface area contributed by atoms with Crippen LogP contribution in [-0.2, 0) is 17.8 Å². The molecule has 39 heavy (non-hydrogen) atoms. The number of alkyl halides is 3. The molecule has 2 N–H and O–H groups in total. The van der Waals surface area contributed by atoms with Crippen molar-refractivity contribution in [1.29, 1.82) is 0 Å². The number of nitrogens with zero attached hydrogens (tertiary/aromatic N) is 7. The number of aryl methyl sites for hydroxylation is 1. The first-order valence-electron chi connectivity index (χ1n) is 13.6. The second-order valence-electron chi connectivity index (χ2n) is 10.4. The maximum Gasteiger partial charge on any atom is 0.411 e. The molecule has 0 bridgehead atoms. The van der Waals surface area contributed by atoms with Crippen molar-refractivity contribution >= 4 is 28.6 Å². The van der Waals surface area contributed by atoms with Crippen LogP contribution in [0, 0.1) is 6.92 Å². The Morgan fingerprint density at radius 1 is 1.15 bits per heavy atom. The molecule has 3 aromatic rings. The minimum atomic E-state index is -4.38. The number of piperazine rings is 1. The number of aromatic nitrogens is 5. The molecule has 0 unspecified atom stereocenters. The van der Waals surface area contributed by atoms with Gasteiger partial charge in [-0.05, 0) is 57.5 Å². The summed E-state index contributed by atoms with van der Waals surface area (Å²) in [6.45, 7) is 7.72. The number of hydrogen-bond donors (Lipinski definition) is 2. The molecule has 2 aliphatic heterocycles. The number of halogens is 3. The zero-order valence-electron chi connectivity index (χ0n) is 22.5. The molecule has 0 saturated carbocycles. The van der Waals surface area contributed by atoms with Crippen LogP contribution in [0.5, 0.6) is 0 Å². The van der Waals surface area contributed by atoms with Gasteiger partial charge in [-0.1, -0.05) is 6.42 Å². The van der Waals surface area contributed by atoms with E-state index in [9.17, 15) is 13.2 Å². The van der Waals surface area contributed by atoms with Crippen molar-refractivity contribution in [2.24, 2.45) is 0 Å². The highest BCUT2D eigenvalue weighted by atomic mass is 19.4. The number of rotatable bonds is 9. The third-order valence-corrected chi connectivity index (χ3v) is 6.99. The minimum Gasteiger partial charge on any atom is -0.370 e. The van der Waals surface area contributed by atoms with E-state index in [0.29, 0.717) is 35.2 Å². The maximum atomic E-state index is 12.7. The standard InChI is InChI=1S/C26H36F3N9O/c1-18-6-7-31-21(14-18)32-24-23-22(33-25(34-24)37-11-8-30-19(2)15-37)20(16-36-9-4-3-5-10-36)35-38(23)12-13-39-17-26(27,28)29/h6-7,14,19,30H,3-5,8-13,15-17H2,1-2H3,(H,31,32,33,34)/t19-/m0/s1. The molecule has 2 saturated heterocycles. The van der Waals surface area contributed by atoms with Crippen LogP contribution in [0.4, 0.5) is 30.8 Å². The van der Waals surface area contributed by atoms with Crippen LogP contribution in [0.3, 0.4) is 0 Å². The number of ether oxygens (including phenoxy) is 1. The summed E-state index contributed by atoms with van der Waals surface area (Å²) >= 11 is 0. The van der Waals surface area contributed by atoms with Gasteiger partial charge in [0.1, 0.15) is 29.2 Å². The van der Waals surface area contributed by atoms with Crippen molar-refractivity contribution in [2.75, 3.05) is 56.2 Å². The molecule has 0 aromatic carbocycles. The summed E-state index contributed by atoms with van der Waals surface area (Å²) in [5, 5.41) is 11.7. The fraction of sp³-hybridized carbons (Fsp3) is 0.615. The smallest absolute Gasteiger partial charge is 0.370 e. The molecule has 5 heterocycles. The van der Waals surface area contributed by atoms with E-state index >= 15 is 0 Å². The average molecular weight is 548 g/mol. The Bertz CT molecular complexity index is 1260. The second kappa shape index (κ2) is 12.0. The molecule has 0 amide bonds. The molecule has 5 rings (SSSR count). The summed E-state index contributed by atoms with van der Waals surface area (Å²) in [6, 6.07) is 4.12. The predicted octanol–water partition coefficient (Wildman–Crippen LogP) is 3.64. The molecule has 0 spiro atoms. The Morgan fingerprint density at radius 3 is 2.72 bits per heavy atom. The fourth-order valence-electron chi connectivity index (χ4n) is 5.14. The highest BCUT2D eigenvalue weighted by Gasteiger charge is 2.28. The number of likely N-dealkylation sites (tertiary alicyclic amines) is 1. The number of piperidine rings is 1. The topological polar surface area (TPSA) is 96.3 Å². The van der Waals surface area contributed by atoms with Crippen LogP contribution >= 0.6 is 0 Å². The third kappa shape index (κ3) is 7.14. The van der Waals surface area contributed by atoms with Crippen LogP contribution in [0.2, 0.25) is 0 Å². The molecule has 0 aliphatic carbocycles. The fourth-order valence-corrected chi connectivity index (χ4v) is 5.14. The number of pyridine rings is 1. The molecular weight excluding hydrogens is 511 g/mol. The van der Waals surface area contributed by atoms with Crippen LogP contribution in [0.25, 0.3) is 11.0 Å². The number of anilines is 3. The highest BCUT2D eigenvalue weighted by molar-refractivity contribution is 5.90. The maximum absolute atomic E-state index is 12.7. The summed E-state index contributed by atoms with van der Waals surface area (Å²) < 4.78 is 44.7. The van der Waals surface area contributed by atoms with Crippen molar-refractivity contribution in [3.05, 3.63) is 29.6 Å². The van der Waals surface area contributed by atoms with E-state index in [-0.39, 0.29) is 19.2 Å². The van der Waals surface area contributed by atoms with Gasteiger partial charge in [-0.3, -0.25) is 9.58 Å². The molecule has 1 atom stereocenters. The molecular formula is C26H36F3N9O. The minimum absolute atomic E-state index is 0.135. The number of nitrogens with one attached hydrogen (secondary N) is 2.